The van der Waals surface area contributed by atoms with Crippen molar-refractivity contribution in [2.75, 3.05) is 6.54 Å². The highest BCUT2D eigenvalue weighted by molar-refractivity contribution is 5.65. The number of rotatable bonds is 5. The van der Waals surface area contributed by atoms with E-state index >= 15 is 0 Å². The molecule has 1 heterocycles. The van der Waals surface area contributed by atoms with E-state index in [9.17, 15) is 9.90 Å². The van der Waals surface area contributed by atoms with Gasteiger partial charge in [0.1, 0.15) is 13.1 Å². The van der Waals surface area contributed by atoms with Crippen molar-refractivity contribution in [3.8, 4) is 0 Å². The summed E-state index contributed by atoms with van der Waals surface area (Å²) in [5, 5.41) is 10.5. The minimum absolute atomic E-state index is 0.0123. The van der Waals surface area contributed by atoms with Crippen molar-refractivity contribution < 1.29 is 19.2 Å². The molecule has 0 bridgehead atoms. The number of carbonyl (C=O) groups is 1. The quantitative estimate of drug-likeness (QED) is 0.646. The number of quaternary nitrogens is 1. The Morgan fingerprint density at radius 2 is 2.36 bits per heavy atom. The van der Waals surface area contributed by atoms with Crippen LogP contribution in [0.25, 0.3) is 0 Å². The topological polar surface area (TPSA) is 57.7 Å². The number of hydrogen-bond donors (Lipinski definition) is 1. The highest BCUT2D eigenvalue weighted by atomic mass is 16.4. The molecule has 4 nitrogen and oxygen atoms in total. The Balaban J connectivity index is 2.56. The summed E-state index contributed by atoms with van der Waals surface area (Å²) in [5.74, 6) is -0.227. The van der Waals surface area contributed by atoms with Crippen molar-refractivity contribution in [1.29, 1.82) is 0 Å². The van der Waals surface area contributed by atoms with Crippen LogP contribution in [0.2, 0.25) is 0 Å². The maximum atomic E-state index is 10.5. The van der Waals surface area contributed by atoms with Gasteiger partial charge in [0.2, 0.25) is 0 Å². The Morgan fingerprint density at radius 1 is 1.64 bits per heavy atom. The lowest BCUT2D eigenvalue weighted by atomic mass is 10.3. The fourth-order valence-electron chi connectivity index (χ4n) is 1.29. The zero-order chi connectivity index (χ0) is 10.6. The SMILES string of the molecule is CC(C)[NH+](CC(=O)[O-])Cc1ccco1. The molecule has 4 heteroatoms. The van der Waals surface area contributed by atoms with E-state index in [1.54, 1.807) is 12.3 Å². The fourth-order valence-corrected chi connectivity index (χ4v) is 1.29. The molecule has 1 aromatic heterocycles. The van der Waals surface area contributed by atoms with Gasteiger partial charge in [0, 0.05) is 0 Å². The molecular weight excluding hydrogens is 182 g/mol. The van der Waals surface area contributed by atoms with E-state index in [1.165, 1.54) is 0 Å². The molecule has 1 unspecified atom stereocenters. The van der Waals surface area contributed by atoms with Crippen molar-refractivity contribution in [2.24, 2.45) is 0 Å². The summed E-state index contributed by atoms with van der Waals surface area (Å²) in [4.78, 5) is 11.4. The molecule has 78 valence electrons. The van der Waals surface area contributed by atoms with E-state index in [1.807, 2.05) is 19.9 Å². The largest absolute Gasteiger partial charge is 0.544 e. The number of carbonyl (C=O) groups excluding carboxylic acids is 1. The van der Waals surface area contributed by atoms with Gasteiger partial charge >= 0.3 is 0 Å². The predicted molar refractivity (Wildman–Crippen MR) is 48.4 cm³/mol. The van der Waals surface area contributed by atoms with Crippen LogP contribution in [0.3, 0.4) is 0 Å². The zero-order valence-corrected chi connectivity index (χ0v) is 8.45. The predicted octanol–water partition coefficient (Wildman–Crippen LogP) is -1.18. The van der Waals surface area contributed by atoms with Gasteiger partial charge in [-0.3, -0.25) is 0 Å². The summed E-state index contributed by atoms with van der Waals surface area (Å²) in [6, 6.07) is 3.88. The first kappa shape index (κ1) is 10.8. The molecule has 1 aromatic rings. The number of furan rings is 1. The summed E-state index contributed by atoms with van der Waals surface area (Å²) >= 11 is 0. The van der Waals surface area contributed by atoms with Crippen LogP contribution < -0.4 is 10.0 Å². The van der Waals surface area contributed by atoms with Gasteiger partial charge in [-0.25, -0.2) is 0 Å². The van der Waals surface area contributed by atoms with Crippen LogP contribution in [0.15, 0.2) is 22.8 Å². The second-order valence-corrected chi connectivity index (χ2v) is 3.62. The van der Waals surface area contributed by atoms with Gasteiger partial charge < -0.3 is 19.2 Å². The van der Waals surface area contributed by atoms with Crippen molar-refractivity contribution in [1.82, 2.24) is 0 Å². The third kappa shape index (κ3) is 3.22. The number of carboxylic acid groups (broad SMARTS) is 1. The fraction of sp³-hybridized carbons (Fsp3) is 0.500. The van der Waals surface area contributed by atoms with Crippen molar-refractivity contribution in [2.45, 2.75) is 26.4 Å². The van der Waals surface area contributed by atoms with Crippen molar-refractivity contribution in [3.63, 3.8) is 0 Å². The van der Waals surface area contributed by atoms with Crippen LogP contribution in [0.4, 0.5) is 0 Å². The van der Waals surface area contributed by atoms with Gasteiger partial charge in [0.05, 0.1) is 18.3 Å². The minimum Gasteiger partial charge on any atom is -0.544 e. The number of aliphatic carboxylic acids is 1. The van der Waals surface area contributed by atoms with E-state index in [0.717, 1.165) is 10.7 Å². The Morgan fingerprint density at radius 3 is 2.79 bits per heavy atom. The van der Waals surface area contributed by atoms with Crippen LogP contribution in [0.1, 0.15) is 19.6 Å². The van der Waals surface area contributed by atoms with Crippen molar-refractivity contribution >= 4 is 5.97 Å². The van der Waals surface area contributed by atoms with Gasteiger partial charge in [-0.05, 0) is 26.0 Å². The standard InChI is InChI=1S/C10H15NO3/c1-8(2)11(7-10(12)13)6-9-4-3-5-14-9/h3-5,8H,6-7H2,1-2H3,(H,12,13). The molecule has 0 aromatic carbocycles. The Kier molecular flexibility index (Phi) is 3.71. The Hall–Kier alpha value is -1.29. The van der Waals surface area contributed by atoms with Crippen LogP contribution in [-0.2, 0) is 11.3 Å². The van der Waals surface area contributed by atoms with Gasteiger partial charge in [-0.2, -0.15) is 0 Å². The van der Waals surface area contributed by atoms with Gasteiger partial charge in [-0.15, -0.1) is 0 Å². The van der Waals surface area contributed by atoms with Crippen LogP contribution in [0, 0.1) is 0 Å². The van der Waals surface area contributed by atoms with Gasteiger partial charge in [0.25, 0.3) is 0 Å². The molecule has 1 atom stereocenters. The number of hydrogen-bond acceptors (Lipinski definition) is 3. The van der Waals surface area contributed by atoms with Gasteiger partial charge in [0.15, 0.2) is 5.76 Å². The van der Waals surface area contributed by atoms with E-state index in [-0.39, 0.29) is 12.6 Å². The third-order valence-corrected chi connectivity index (χ3v) is 2.17. The lowest BCUT2D eigenvalue weighted by Gasteiger charge is -2.22. The molecule has 0 fully saturated rings. The lowest BCUT2D eigenvalue weighted by Crippen LogP contribution is -3.15. The summed E-state index contributed by atoms with van der Waals surface area (Å²) in [6.45, 7) is 4.54. The maximum Gasteiger partial charge on any atom is 0.157 e. The molecule has 1 rings (SSSR count). The Bertz CT molecular complexity index is 280. The summed E-state index contributed by atoms with van der Waals surface area (Å²) < 4.78 is 5.16. The minimum atomic E-state index is -1.03. The zero-order valence-electron chi connectivity index (χ0n) is 8.45. The molecule has 1 N–H and O–H groups in total. The molecular formula is C10H15NO3. The van der Waals surface area contributed by atoms with E-state index < -0.39 is 5.97 Å². The maximum absolute atomic E-state index is 10.5. The molecule has 0 saturated heterocycles. The average Bonchev–Trinajstić information content (AvgIpc) is 2.54. The first-order valence-electron chi connectivity index (χ1n) is 4.66. The highest BCUT2D eigenvalue weighted by Gasteiger charge is 2.15. The molecule has 0 amide bonds. The highest BCUT2D eigenvalue weighted by Crippen LogP contribution is 1.96. The van der Waals surface area contributed by atoms with Crippen LogP contribution >= 0.6 is 0 Å². The number of carboxylic acids is 1. The van der Waals surface area contributed by atoms with E-state index in [0.29, 0.717) is 6.54 Å². The molecule has 0 spiro atoms. The Labute approximate surface area is 83.1 Å². The average molecular weight is 197 g/mol. The second kappa shape index (κ2) is 4.81. The molecule has 0 aliphatic carbocycles. The third-order valence-electron chi connectivity index (χ3n) is 2.17. The summed E-state index contributed by atoms with van der Waals surface area (Å²) in [5.41, 5.74) is 0. The smallest absolute Gasteiger partial charge is 0.157 e. The van der Waals surface area contributed by atoms with E-state index in [4.69, 9.17) is 4.42 Å². The lowest BCUT2D eigenvalue weighted by molar-refractivity contribution is -0.930. The van der Waals surface area contributed by atoms with E-state index in [2.05, 4.69) is 0 Å². The van der Waals surface area contributed by atoms with Crippen molar-refractivity contribution in [3.05, 3.63) is 24.2 Å². The summed E-state index contributed by atoms with van der Waals surface area (Å²) in [7, 11) is 0. The first-order chi connectivity index (χ1) is 6.59. The number of nitrogens with one attached hydrogen (secondary N) is 1. The normalized spacial score (nSPS) is 13.1. The van der Waals surface area contributed by atoms with Gasteiger partial charge in [-0.1, -0.05) is 0 Å². The molecule has 0 aliphatic rings. The molecule has 14 heavy (non-hydrogen) atoms. The monoisotopic (exact) mass is 197 g/mol. The molecule has 0 saturated carbocycles. The first-order valence-corrected chi connectivity index (χ1v) is 4.66. The second-order valence-electron chi connectivity index (χ2n) is 3.62. The molecule has 0 aliphatic heterocycles. The molecule has 0 radical (unpaired) electrons. The van der Waals surface area contributed by atoms with Crippen LogP contribution in [0.5, 0.6) is 0 Å². The summed E-state index contributed by atoms with van der Waals surface area (Å²) in [6.07, 6.45) is 1.59. The van der Waals surface area contributed by atoms with Crippen LogP contribution in [-0.4, -0.2) is 18.6 Å².